The molecule has 0 unspecified atom stereocenters. The molecule has 0 amide bonds. The molecule has 4 aromatic rings. The van der Waals surface area contributed by atoms with Crippen molar-refractivity contribution in [3.63, 3.8) is 0 Å². The van der Waals surface area contributed by atoms with Gasteiger partial charge >= 0.3 is 5.97 Å². The van der Waals surface area contributed by atoms with Crippen LogP contribution in [0.25, 0.3) is 27.9 Å². The molecule has 166 valence electrons. The van der Waals surface area contributed by atoms with Gasteiger partial charge in [0.1, 0.15) is 28.7 Å². The Morgan fingerprint density at radius 2 is 2.06 bits per heavy atom. The van der Waals surface area contributed by atoms with Gasteiger partial charge in [0.05, 0.1) is 12.1 Å². The second-order valence-corrected chi connectivity index (χ2v) is 8.87. The van der Waals surface area contributed by atoms with Crippen molar-refractivity contribution < 1.29 is 14.3 Å². The minimum absolute atomic E-state index is 0.145. The third-order valence-corrected chi connectivity index (χ3v) is 7.17. The summed E-state index contributed by atoms with van der Waals surface area (Å²) in [6.07, 6.45) is 6.61. The molecule has 33 heavy (non-hydrogen) atoms. The van der Waals surface area contributed by atoms with Crippen LogP contribution in [0.3, 0.4) is 0 Å². The molecule has 3 aliphatic carbocycles. The van der Waals surface area contributed by atoms with Crippen molar-refractivity contribution in [1.82, 2.24) is 24.6 Å². The third kappa shape index (κ3) is 3.03. The third-order valence-electron chi connectivity index (χ3n) is 7.17. The summed E-state index contributed by atoms with van der Waals surface area (Å²) < 4.78 is 15.4. The van der Waals surface area contributed by atoms with Gasteiger partial charge in [-0.2, -0.15) is 5.26 Å². The summed E-state index contributed by atoms with van der Waals surface area (Å²) in [6.45, 7) is 0. The molecule has 0 aromatic carbocycles. The van der Waals surface area contributed by atoms with Crippen molar-refractivity contribution in [3.05, 3.63) is 42.1 Å². The highest BCUT2D eigenvalue weighted by Gasteiger charge is 2.47. The van der Waals surface area contributed by atoms with Gasteiger partial charge in [0, 0.05) is 23.2 Å². The average Bonchev–Trinajstić information content (AvgIpc) is 3.43. The number of fused-ring (bicyclic) bond motifs is 5. The largest absolute Gasteiger partial charge is 0.481 e. The molecule has 10 heteroatoms. The van der Waals surface area contributed by atoms with E-state index in [1.165, 1.54) is 10.6 Å². The molecule has 2 atom stereocenters. The molecule has 2 bridgehead atoms. The van der Waals surface area contributed by atoms with Crippen LogP contribution in [-0.4, -0.2) is 41.7 Å². The molecule has 3 N–H and O–H groups in total. The van der Waals surface area contributed by atoms with Gasteiger partial charge < -0.3 is 15.4 Å². The minimum Gasteiger partial charge on any atom is -0.481 e. The maximum atomic E-state index is 13.9. The van der Waals surface area contributed by atoms with Crippen molar-refractivity contribution >= 4 is 28.3 Å². The van der Waals surface area contributed by atoms with Gasteiger partial charge in [0.2, 0.25) is 0 Å². The Balaban J connectivity index is 1.50. The number of rotatable bonds is 4. The maximum Gasteiger partial charge on any atom is 0.308 e. The van der Waals surface area contributed by atoms with E-state index >= 15 is 0 Å². The van der Waals surface area contributed by atoms with E-state index in [4.69, 9.17) is 4.98 Å². The minimum atomic E-state index is -0.793. The molecule has 0 spiro atoms. The smallest absolute Gasteiger partial charge is 0.308 e. The van der Waals surface area contributed by atoms with E-state index in [2.05, 4.69) is 26.5 Å². The Morgan fingerprint density at radius 1 is 1.27 bits per heavy atom. The van der Waals surface area contributed by atoms with E-state index in [1.54, 1.807) is 18.3 Å². The zero-order chi connectivity index (χ0) is 22.7. The molecule has 3 aliphatic rings. The van der Waals surface area contributed by atoms with Crippen LogP contribution in [0.15, 0.2) is 30.6 Å². The Kier molecular flexibility index (Phi) is 4.33. The maximum absolute atomic E-state index is 13.9. The van der Waals surface area contributed by atoms with E-state index in [-0.39, 0.29) is 23.7 Å². The molecule has 0 saturated heterocycles. The van der Waals surface area contributed by atoms with Crippen LogP contribution in [0.1, 0.15) is 31.4 Å². The number of nitriles is 1. The number of aliphatic carboxylic acids is 1. The fourth-order valence-electron chi connectivity index (χ4n) is 5.63. The summed E-state index contributed by atoms with van der Waals surface area (Å²) in [5.41, 5.74) is 1.94. The Morgan fingerprint density at radius 3 is 2.82 bits per heavy atom. The molecular formula is C23H20FN7O2. The number of pyridine rings is 1. The predicted octanol–water partition coefficient (Wildman–Crippen LogP) is 3.58. The highest BCUT2D eigenvalue weighted by Crippen LogP contribution is 2.46. The number of anilines is 1. The van der Waals surface area contributed by atoms with E-state index in [0.29, 0.717) is 33.6 Å². The number of hydrogen-bond acceptors (Lipinski definition) is 6. The first-order chi connectivity index (χ1) is 16.0. The first kappa shape index (κ1) is 19.7. The topological polar surface area (TPSA) is 132 Å². The summed E-state index contributed by atoms with van der Waals surface area (Å²) >= 11 is 0. The number of hydrogen-bond donors (Lipinski definition) is 3. The van der Waals surface area contributed by atoms with Gasteiger partial charge in [-0.15, -0.1) is 5.10 Å². The molecule has 3 saturated carbocycles. The monoisotopic (exact) mass is 445 g/mol. The number of carboxylic acids is 1. The number of nitrogens with zero attached hydrogens (tertiary/aromatic N) is 5. The number of aromatic amines is 1. The van der Waals surface area contributed by atoms with Crippen molar-refractivity contribution in [2.24, 2.45) is 17.8 Å². The zero-order valence-corrected chi connectivity index (χ0v) is 17.5. The predicted molar refractivity (Wildman–Crippen MR) is 117 cm³/mol. The van der Waals surface area contributed by atoms with Crippen molar-refractivity contribution in [3.8, 4) is 17.5 Å². The fraction of sp³-hybridized carbons (Fsp3) is 0.348. The molecule has 4 aromatic heterocycles. The zero-order valence-electron chi connectivity index (χ0n) is 17.5. The number of aromatic nitrogens is 5. The quantitative estimate of drug-likeness (QED) is 0.437. The van der Waals surface area contributed by atoms with Gasteiger partial charge in [-0.1, -0.05) is 0 Å². The van der Waals surface area contributed by atoms with Gasteiger partial charge in [-0.3, -0.25) is 4.79 Å². The summed E-state index contributed by atoms with van der Waals surface area (Å²) in [5, 5.41) is 28.0. The normalized spacial score (nSPS) is 24.2. The molecule has 3 fully saturated rings. The number of carbonyl (C=O) groups is 1. The first-order valence-corrected chi connectivity index (χ1v) is 11.0. The number of carboxylic acid groups (broad SMARTS) is 1. The highest BCUT2D eigenvalue weighted by atomic mass is 19.1. The second-order valence-electron chi connectivity index (χ2n) is 8.87. The lowest BCUT2D eigenvalue weighted by atomic mass is 9.61. The first-order valence-electron chi connectivity index (χ1n) is 11.0. The molecular weight excluding hydrogens is 425 g/mol. The summed E-state index contributed by atoms with van der Waals surface area (Å²) in [7, 11) is 0. The fourth-order valence-corrected chi connectivity index (χ4v) is 5.63. The Bertz CT molecular complexity index is 1440. The van der Waals surface area contributed by atoms with Crippen LogP contribution < -0.4 is 5.32 Å². The van der Waals surface area contributed by atoms with Gasteiger partial charge in [-0.25, -0.2) is 18.9 Å². The molecule has 7 rings (SSSR count). The molecule has 0 aliphatic heterocycles. The summed E-state index contributed by atoms with van der Waals surface area (Å²) in [5.74, 6) is -0.638. The number of halogens is 1. The van der Waals surface area contributed by atoms with Crippen LogP contribution >= 0.6 is 0 Å². The van der Waals surface area contributed by atoms with Crippen LogP contribution in [0, 0.1) is 34.9 Å². The van der Waals surface area contributed by atoms with Crippen molar-refractivity contribution in [2.75, 3.05) is 5.32 Å². The van der Waals surface area contributed by atoms with Crippen LogP contribution in [0.4, 0.5) is 10.2 Å². The number of H-pyrrole nitrogens is 1. The van der Waals surface area contributed by atoms with Gasteiger partial charge in [0.15, 0.2) is 11.6 Å². The summed E-state index contributed by atoms with van der Waals surface area (Å²) in [6, 6.07) is 6.62. The van der Waals surface area contributed by atoms with Gasteiger partial charge in [0.25, 0.3) is 0 Å². The van der Waals surface area contributed by atoms with E-state index in [0.717, 1.165) is 31.9 Å². The van der Waals surface area contributed by atoms with Crippen molar-refractivity contribution in [2.45, 2.75) is 31.7 Å². The Hall–Kier alpha value is -4.00. The second kappa shape index (κ2) is 7.27. The lowest BCUT2D eigenvalue weighted by Gasteiger charge is -2.47. The lowest BCUT2D eigenvalue weighted by molar-refractivity contribution is -0.148. The van der Waals surface area contributed by atoms with Crippen LogP contribution in [-0.2, 0) is 4.79 Å². The van der Waals surface area contributed by atoms with Gasteiger partial charge in [-0.05, 0) is 55.7 Å². The van der Waals surface area contributed by atoms with Crippen LogP contribution in [0.2, 0.25) is 0 Å². The molecule has 9 nitrogen and oxygen atoms in total. The summed E-state index contributed by atoms with van der Waals surface area (Å²) in [4.78, 5) is 23.9. The molecule has 0 radical (unpaired) electrons. The number of nitrogens with one attached hydrogen (secondary N) is 2. The van der Waals surface area contributed by atoms with E-state index in [1.807, 2.05) is 0 Å². The van der Waals surface area contributed by atoms with E-state index < -0.39 is 17.7 Å². The lowest BCUT2D eigenvalue weighted by Crippen LogP contribution is -2.51. The SMILES string of the molecule is N#Cc1ccc2c(N[C@H]3C4CCC(CC4)[C@@H]3C(=O)O)nc(-c3c[nH]c4ncc(F)cc34)nn12. The van der Waals surface area contributed by atoms with E-state index in [9.17, 15) is 19.6 Å². The standard InChI is InChI=1S/C23H20FN7O2/c24-13-7-15-16(10-27-20(15)26-9-13)21-29-22(17-6-5-14(8-25)31(17)30-21)28-19-12-3-1-11(2-4-12)18(19)23(32)33/h5-7,9-12,18-19H,1-4H2,(H,26,27)(H,32,33)(H,28,29,30)/t11?,12?,18-,19-/m0/s1. The molecule has 4 heterocycles. The average molecular weight is 445 g/mol. The van der Waals surface area contributed by atoms with Crippen LogP contribution in [0.5, 0.6) is 0 Å². The highest BCUT2D eigenvalue weighted by molar-refractivity contribution is 5.92. The Labute approximate surface area is 187 Å². The van der Waals surface area contributed by atoms with Crippen molar-refractivity contribution in [1.29, 1.82) is 5.26 Å².